The third-order valence-electron chi connectivity index (χ3n) is 3.82. The van der Waals surface area contributed by atoms with Gasteiger partial charge in [-0.05, 0) is 38.4 Å². The molecule has 0 spiro atoms. The minimum Gasteiger partial charge on any atom is -0.337 e. The summed E-state index contributed by atoms with van der Waals surface area (Å²) in [5.74, 6) is 1.13. The van der Waals surface area contributed by atoms with Crippen LogP contribution in [0.4, 0.5) is 0 Å². The van der Waals surface area contributed by atoms with Gasteiger partial charge in [-0.1, -0.05) is 27.7 Å². The fourth-order valence-electron chi connectivity index (χ4n) is 2.38. The van der Waals surface area contributed by atoms with Gasteiger partial charge in [0, 0.05) is 25.5 Å². The first-order chi connectivity index (χ1) is 9.34. The van der Waals surface area contributed by atoms with Crippen LogP contribution in [-0.2, 0) is 13.6 Å². The molecule has 4 nitrogen and oxygen atoms in total. The van der Waals surface area contributed by atoms with Crippen molar-refractivity contribution in [3.05, 3.63) is 18.2 Å². The lowest BCUT2D eigenvalue weighted by Gasteiger charge is -2.33. The lowest BCUT2D eigenvalue weighted by Crippen LogP contribution is -2.42. The average Bonchev–Trinajstić information content (AvgIpc) is 2.73. The smallest absolute Gasteiger partial charge is 0.122 e. The summed E-state index contributed by atoms with van der Waals surface area (Å²) in [6.45, 7) is 12.3. The Bertz CT molecular complexity index is 378. The van der Waals surface area contributed by atoms with Gasteiger partial charge in [0.2, 0.25) is 0 Å². The Morgan fingerprint density at radius 3 is 2.60 bits per heavy atom. The number of hydrogen-bond acceptors (Lipinski definition) is 3. The van der Waals surface area contributed by atoms with Gasteiger partial charge in [-0.2, -0.15) is 0 Å². The lowest BCUT2D eigenvalue weighted by molar-refractivity contribution is 0.216. The van der Waals surface area contributed by atoms with Crippen molar-refractivity contribution in [3.63, 3.8) is 0 Å². The summed E-state index contributed by atoms with van der Waals surface area (Å²) in [6, 6.07) is 0.561. The molecule has 0 radical (unpaired) electrons. The van der Waals surface area contributed by atoms with Crippen LogP contribution in [0.25, 0.3) is 0 Å². The van der Waals surface area contributed by atoms with Crippen LogP contribution in [0.2, 0.25) is 0 Å². The highest BCUT2D eigenvalue weighted by molar-refractivity contribution is 4.91. The second kappa shape index (κ2) is 7.79. The van der Waals surface area contributed by atoms with Crippen LogP contribution in [0, 0.1) is 5.41 Å². The molecule has 1 rings (SSSR count). The number of aryl methyl sites for hydroxylation is 1. The highest BCUT2D eigenvalue weighted by Crippen LogP contribution is 2.22. The van der Waals surface area contributed by atoms with Crippen molar-refractivity contribution in [1.82, 2.24) is 19.8 Å². The summed E-state index contributed by atoms with van der Waals surface area (Å²) in [5.41, 5.74) is 0.305. The number of nitrogens with zero attached hydrogens (tertiary/aromatic N) is 3. The molecule has 1 N–H and O–H groups in total. The van der Waals surface area contributed by atoms with Crippen molar-refractivity contribution in [2.24, 2.45) is 12.5 Å². The normalized spacial score (nSPS) is 13.9. The first-order valence-electron chi connectivity index (χ1n) is 7.72. The molecule has 0 bridgehead atoms. The summed E-state index contributed by atoms with van der Waals surface area (Å²) in [6.07, 6.45) is 6.23. The van der Waals surface area contributed by atoms with E-state index < -0.39 is 0 Å². The number of rotatable bonds is 8. The zero-order chi connectivity index (χ0) is 15.2. The molecule has 116 valence electrons. The molecule has 4 heteroatoms. The topological polar surface area (TPSA) is 33.1 Å². The SMILES string of the molecule is CCCNC(CCN(C)Cc1nccn1C)C(C)(C)C. The fourth-order valence-corrected chi connectivity index (χ4v) is 2.38. The van der Waals surface area contributed by atoms with Crippen molar-refractivity contribution in [1.29, 1.82) is 0 Å². The molecular formula is C16H32N4. The van der Waals surface area contributed by atoms with Gasteiger partial charge in [0.1, 0.15) is 5.82 Å². The zero-order valence-corrected chi connectivity index (χ0v) is 14.1. The van der Waals surface area contributed by atoms with Crippen LogP contribution >= 0.6 is 0 Å². The molecule has 1 heterocycles. The van der Waals surface area contributed by atoms with Gasteiger partial charge in [0.25, 0.3) is 0 Å². The summed E-state index contributed by atoms with van der Waals surface area (Å²) in [5, 5.41) is 3.69. The molecule has 0 fully saturated rings. The van der Waals surface area contributed by atoms with E-state index in [4.69, 9.17) is 0 Å². The summed E-state index contributed by atoms with van der Waals surface area (Å²) in [4.78, 5) is 6.74. The first kappa shape index (κ1) is 17.2. The van der Waals surface area contributed by atoms with E-state index in [1.807, 2.05) is 12.4 Å². The summed E-state index contributed by atoms with van der Waals surface area (Å²) < 4.78 is 2.09. The van der Waals surface area contributed by atoms with Crippen molar-refractivity contribution in [2.75, 3.05) is 20.1 Å². The van der Waals surface area contributed by atoms with E-state index >= 15 is 0 Å². The maximum Gasteiger partial charge on any atom is 0.122 e. The molecule has 0 saturated heterocycles. The van der Waals surface area contributed by atoms with Crippen molar-refractivity contribution >= 4 is 0 Å². The largest absolute Gasteiger partial charge is 0.337 e. The highest BCUT2D eigenvalue weighted by Gasteiger charge is 2.23. The Labute approximate surface area is 124 Å². The Morgan fingerprint density at radius 1 is 1.40 bits per heavy atom. The Balaban J connectivity index is 2.44. The predicted octanol–water partition coefficient (Wildman–Crippen LogP) is 2.66. The molecule has 1 unspecified atom stereocenters. The van der Waals surface area contributed by atoms with Crippen LogP contribution in [0.5, 0.6) is 0 Å². The second-order valence-electron chi connectivity index (χ2n) is 6.85. The molecule has 0 aliphatic carbocycles. The van der Waals surface area contributed by atoms with E-state index in [0.717, 1.165) is 25.5 Å². The molecular weight excluding hydrogens is 248 g/mol. The minimum absolute atomic E-state index is 0.305. The van der Waals surface area contributed by atoms with Gasteiger partial charge in [-0.25, -0.2) is 4.98 Å². The molecule has 0 aliphatic rings. The number of nitrogens with one attached hydrogen (secondary N) is 1. The average molecular weight is 280 g/mol. The van der Waals surface area contributed by atoms with E-state index in [0.29, 0.717) is 11.5 Å². The van der Waals surface area contributed by atoms with Crippen LogP contribution in [0.1, 0.15) is 46.4 Å². The van der Waals surface area contributed by atoms with Gasteiger partial charge in [-0.3, -0.25) is 4.90 Å². The quantitative estimate of drug-likeness (QED) is 0.795. The van der Waals surface area contributed by atoms with Gasteiger partial charge in [-0.15, -0.1) is 0 Å². The maximum atomic E-state index is 4.39. The first-order valence-corrected chi connectivity index (χ1v) is 7.72. The third-order valence-corrected chi connectivity index (χ3v) is 3.82. The fraction of sp³-hybridized carbons (Fsp3) is 0.812. The molecule has 0 aromatic carbocycles. The Hall–Kier alpha value is -0.870. The van der Waals surface area contributed by atoms with Crippen LogP contribution in [-0.4, -0.2) is 40.6 Å². The summed E-state index contributed by atoms with van der Waals surface area (Å²) in [7, 11) is 4.23. The maximum absolute atomic E-state index is 4.39. The summed E-state index contributed by atoms with van der Waals surface area (Å²) >= 11 is 0. The highest BCUT2D eigenvalue weighted by atomic mass is 15.2. The lowest BCUT2D eigenvalue weighted by atomic mass is 9.84. The van der Waals surface area contributed by atoms with Gasteiger partial charge >= 0.3 is 0 Å². The number of aromatic nitrogens is 2. The van der Waals surface area contributed by atoms with Crippen molar-refractivity contribution in [3.8, 4) is 0 Å². The van der Waals surface area contributed by atoms with E-state index in [1.165, 1.54) is 12.8 Å². The molecule has 1 aromatic heterocycles. The monoisotopic (exact) mass is 280 g/mol. The number of hydrogen-bond donors (Lipinski definition) is 1. The standard InChI is InChI=1S/C16H32N4/c1-7-9-17-14(16(2,3)4)8-11-19(5)13-15-18-10-12-20(15)6/h10,12,14,17H,7-9,11,13H2,1-6H3. The van der Waals surface area contributed by atoms with Crippen LogP contribution in [0.15, 0.2) is 12.4 Å². The molecule has 0 aliphatic heterocycles. The van der Waals surface area contributed by atoms with Crippen molar-refractivity contribution < 1.29 is 0 Å². The zero-order valence-electron chi connectivity index (χ0n) is 14.1. The van der Waals surface area contributed by atoms with Crippen LogP contribution in [0.3, 0.4) is 0 Å². The third kappa shape index (κ3) is 5.63. The predicted molar refractivity (Wildman–Crippen MR) is 85.7 cm³/mol. The molecule has 0 saturated carbocycles. The Morgan fingerprint density at radius 2 is 2.10 bits per heavy atom. The molecule has 0 amide bonds. The molecule has 1 aromatic rings. The van der Waals surface area contributed by atoms with E-state index in [2.05, 4.69) is 61.6 Å². The van der Waals surface area contributed by atoms with Gasteiger partial charge in [0.15, 0.2) is 0 Å². The Kier molecular flexibility index (Phi) is 6.69. The van der Waals surface area contributed by atoms with E-state index in [-0.39, 0.29) is 0 Å². The second-order valence-corrected chi connectivity index (χ2v) is 6.85. The molecule has 1 atom stereocenters. The van der Waals surface area contributed by atoms with E-state index in [1.54, 1.807) is 0 Å². The molecule has 20 heavy (non-hydrogen) atoms. The minimum atomic E-state index is 0.305. The number of imidazole rings is 1. The van der Waals surface area contributed by atoms with E-state index in [9.17, 15) is 0 Å². The van der Waals surface area contributed by atoms with Gasteiger partial charge in [0.05, 0.1) is 6.54 Å². The van der Waals surface area contributed by atoms with Crippen LogP contribution < -0.4 is 5.32 Å². The van der Waals surface area contributed by atoms with Crippen molar-refractivity contribution in [2.45, 2.75) is 53.1 Å². The van der Waals surface area contributed by atoms with Gasteiger partial charge < -0.3 is 9.88 Å².